The Bertz CT molecular complexity index is 276. The number of hydrogen-bond acceptors (Lipinski definition) is 1. The molecule has 2 nitrogen and oxygen atoms in total. The van der Waals surface area contributed by atoms with Gasteiger partial charge in [0, 0.05) is 11.8 Å². The summed E-state index contributed by atoms with van der Waals surface area (Å²) in [5.41, 5.74) is -0.0257. The molecule has 0 bridgehead atoms. The van der Waals surface area contributed by atoms with Crippen LogP contribution in [0, 0.1) is 11.8 Å². The molecule has 0 aromatic carbocycles. The molecular weight excluding hydrogens is 267 g/mol. The van der Waals surface area contributed by atoms with Gasteiger partial charge in [0.1, 0.15) is 0 Å². The van der Waals surface area contributed by atoms with E-state index in [1.807, 2.05) is 6.92 Å². The molecule has 122 valence electrons. The van der Waals surface area contributed by atoms with E-state index in [1.165, 1.54) is 32.1 Å². The molecule has 0 radical (unpaired) electrons. The van der Waals surface area contributed by atoms with Crippen molar-refractivity contribution >= 4 is 7.37 Å². The van der Waals surface area contributed by atoms with Gasteiger partial charge in [0.2, 0.25) is 7.37 Å². The first-order valence-corrected chi connectivity index (χ1v) is 10.6. The smallest absolute Gasteiger partial charge is 0.203 e. The molecule has 0 rings (SSSR count). The molecule has 0 heterocycles. The maximum atomic E-state index is 12.6. The van der Waals surface area contributed by atoms with E-state index >= 15 is 0 Å². The fraction of sp³-hybridized carbons (Fsp3) is 1.00. The standard InChI is InChI=1S/C17H37O2P/c1-6-8-10-11-12-16(5)20(18,19)14-17(15(3)4)13-9-7-2/h15-17H,6-14H2,1-5H3,(H,18,19). The van der Waals surface area contributed by atoms with Crippen molar-refractivity contribution in [3.05, 3.63) is 0 Å². The molecule has 3 unspecified atom stereocenters. The fourth-order valence-corrected chi connectivity index (χ4v) is 4.91. The van der Waals surface area contributed by atoms with E-state index in [-0.39, 0.29) is 5.66 Å². The fourth-order valence-electron chi connectivity index (χ4n) is 2.69. The van der Waals surface area contributed by atoms with E-state index in [2.05, 4.69) is 27.7 Å². The Balaban J connectivity index is 4.32. The van der Waals surface area contributed by atoms with Crippen molar-refractivity contribution in [2.24, 2.45) is 11.8 Å². The summed E-state index contributed by atoms with van der Waals surface area (Å²) >= 11 is 0. The van der Waals surface area contributed by atoms with Gasteiger partial charge in [-0.15, -0.1) is 0 Å². The average molecular weight is 304 g/mol. The van der Waals surface area contributed by atoms with Crippen molar-refractivity contribution in [1.82, 2.24) is 0 Å². The predicted molar refractivity (Wildman–Crippen MR) is 90.8 cm³/mol. The third kappa shape index (κ3) is 8.47. The Morgan fingerprint density at radius 1 is 0.900 bits per heavy atom. The van der Waals surface area contributed by atoms with Crippen molar-refractivity contribution in [1.29, 1.82) is 0 Å². The predicted octanol–water partition coefficient (Wildman–Crippen LogP) is 6.08. The molecule has 0 spiro atoms. The molecule has 0 saturated carbocycles. The average Bonchev–Trinajstić information content (AvgIpc) is 2.38. The third-order valence-electron chi connectivity index (χ3n) is 4.53. The van der Waals surface area contributed by atoms with Gasteiger partial charge in [0.15, 0.2) is 0 Å². The van der Waals surface area contributed by atoms with Gasteiger partial charge in [0.25, 0.3) is 0 Å². The molecule has 0 aliphatic rings. The van der Waals surface area contributed by atoms with Gasteiger partial charge >= 0.3 is 0 Å². The largest absolute Gasteiger partial charge is 0.344 e. The zero-order valence-electron chi connectivity index (χ0n) is 14.4. The summed E-state index contributed by atoms with van der Waals surface area (Å²) in [7, 11) is -2.98. The molecule has 3 heteroatoms. The highest BCUT2D eigenvalue weighted by molar-refractivity contribution is 7.58. The zero-order valence-corrected chi connectivity index (χ0v) is 15.3. The molecule has 0 aliphatic heterocycles. The van der Waals surface area contributed by atoms with Crippen molar-refractivity contribution in [2.75, 3.05) is 6.16 Å². The maximum absolute atomic E-state index is 12.6. The minimum absolute atomic E-state index is 0.0257. The summed E-state index contributed by atoms with van der Waals surface area (Å²) in [5, 5.41) is 0. The minimum Gasteiger partial charge on any atom is -0.344 e. The van der Waals surface area contributed by atoms with Gasteiger partial charge in [-0.05, 0) is 24.7 Å². The third-order valence-corrected chi connectivity index (χ3v) is 7.16. The summed E-state index contributed by atoms with van der Waals surface area (Å²) in [5.74, 6) is 0.915. The number of hydrogen-bond donors (Lipinski definition) is 1. The Kier molecular flexibility index (Phi) is 11.0. The van der Waals surface area contributed by atoms with Crippen molar-refractivity contribution < 1.29 is 9.46 Å². The van der Waals surface area contributed by atoms with E-state index in [9.17, 15) is 9.46 Å². The Hall–Kier alpha value is 0.190. The Labute approximate surface area is 127 Å². The topological polar surface area (TPSA) is 37.3 Å². The van der Waals surface area contributed by atoms with Gasteiger partial charge in [-0.3, -0.25) is 4.57 Å². The van der Waals surface area contributed by atoms with Gasteiger partial charge in [-0.25, -0.2) is 0 Å². The van der Waals surface area contributed by atoms with E-state index in [1.54, 1.807) is 0 Å². The molecule has 0 fully saturated rings. The van der Waals surface area contributed by atoms with Crippen molar-refractivity contribution in [2.45, 2.75) is 91.6 Å². The van der Waals surface area contributed by atoms with Crippen LogP contribution in [0.4, 0.5) is 0 Å². The quantitative estimate of drug-likeness (QED) is 0.350. The summed E-state index contributed by atoms with van der Waals surface area (Å²) < 4.78 is 12.6. The lowest BCUT2D eigenvalue weighted by molar-refractivity contribution is 0.362. The molecule has 0 aromatic rings. The Morgan fingerprint density at radius 2 is 1.50 bits per heavy atom. The molecule has 3 atom stereocenters. The second-order valence-electron chi connectivity index (χ2n) is 6.78. The van der Waals surface area contributed by atoms with Crippen LogP contribution in [0.25, 0.3) is 0 Å². The lowest BCUT2D eigenvalue weighted by atomic mass is 9.92. The SMILES string of the molecule is CCCCCCC(C)P(=O)(O)CC(CCCC)C(C)C. The minimum atomic E-state index is -2.98. The molecule has 0 aromatic heterocycles. The van der Waals surface area contributed by atoms with Crippen LogP contribution in [-0.2, 0) is 4.57 Å². The second kappa shape index (κ2) is 10.9. The lowest BCUT2D eigenvalue weighted by Crippen LogP contribution is -2.18. The highest BCUT2D eigenvalue weighted by atomic mass is 31.2. The van der Waals surface area contributed by atoms with Crippen LogP contribution < -0.4 is 0 Å². The van der Waals surface area contributed by atoms with E-state index in [0.29, 0.717) is 18.0 Å². The van der Waals surface area contributed by atoms with Crippen molar-refractivity contribution in [3.8, 4) is 0 Å². The summed E-state index contributed by atoms with van der Waals surface area (Å²) in [4.78, 5) is 10.4. The monoisotopic (exact) mass is 304 g/mol. The molecule has 0 saturated heterocycles. The zero-order chi connectivity index (χ0) is 15.6. The molecule has 0 amide bonds. The van der Waals surface area contributed by atoms with Crippen LogP contribution in [0.15, 0.2) is 0 Å². The first-order chi connectivity index (χ1) is 9.35. The van der Waals surface area contributed by atoms with Crippen LogP contribution in [0.2, 0.25) is 0 Å². The molecule has 20 heavy (non-hydrogen) atoms. The van der Waals surface area contributed by atoms with Crippen LogP contribution in [0.1, 0.15) is 86.0 Å². The maximum Gasteiger partial charge on any atom is 0.203 e. The van der Waals surface area contributed by atoms with E-state index in [0.717, 1.165) is 19.3 Å². The van der Waals surface area contributed by atoms with Crippen LogP contribution in [-0.4, -0.2) is 16.7 Å². The molecule has 0 aliphatic carbocycles. The highest BCUT2D eigenvalue weighted by Gasteiger charge is 2.30. The summed E-state index contributed by atoms with van der Waals surface area (Å²) in [6.45, 7) is 10.7. The van der Waals surface area contributed by atoms with Crippen LogP contribution in [0.3, 0.4) is 0 Å². The van der Waals surface area contributed by atoms with Crippen LogP contribution >= 0.6 is 7.37 Å². The summed E-state index contributed by atoms with van der Waals surface area (Å²) in [6.07, 6.45) is 9.64. The normalized spacial score (nSPS) is 17.9. The highest BCUT2D eigenvalue weighted by Crippen LogP contribution is 2.51. The number of rotatable bonds is 12. The first-order valence-electron chi connectivity index (χ1n) is 8.66. The molecule has 1 N–H and O–H groups in total. The van der Waals surface area contributed by atoms with Gasteiger partial charge in [-0.2, -0.15) is 0 Å². The first kappa shape index (κ1) is 20.2. The second-order valence-corrected chi connectivity index (χ2v) is 9.54. The van der Waals surface area contributed by atoms with E-state index < -0.39 is 7.37 Å². The van der Waals surface area contributed by atoms with E-state index in [4.69, 9.17) is 0 Å². The van der Waals surface area contributed by atoms with Crippen LogP contribution in [0.5, 0.6) is 0 Å². The molecular formula is C17H37O2P. The van der Waals surface area contributed by atoms with Gasteiger partial charge < -0.3 is 4.89 Å². The summed E-state index contributed by atoms with van der Waals surface area (Å²) in [6, 6.07) is 0. The number of unbranched alkanes of at least 4 members (excludes halogenated alkanes) is 4. The Morgan fingerprint density at radius 3 is 2.00 bits per heavy atom. The van der Waals surface area contributed by atoms with Gasteiger partial charge in [-0.1, -0.05) is 73.1 Å². The lowest BCUT2D eigenvalue weighted by Gasteiger charge is -2.27. The van der Waals surface area contributed by atoms with Gasteiger partial charge in [0.05, 0.1) is 0 Å². The van der Waals surface area contributed by atoms with Crippen molar-refractivity contribution in [3.63, 3.8) is 0 Å².